The molecule has 3 saturated carbocycles. The van der Waals surface area contributed by atoms with E-state index in [1.54, 1.807) is 0 Å². The molecule has 5 heteroatoms. The Kier molecular flexibility index (Phi) is 21.6. The predicted molar refractivity (Wildman–Crippen MR) is 586 cm³/mol. The summed E-state index contributed by atoms with van der Waals surface area (Å²) in [4.78, 5) is 7.41. The van der Waals surface area contributed by atoms with Crippen LogP contribution in [0.4, 0.5) is 51.2 Å². The predicted octanol–water partition coefficient (Wildman–Crippen LogP) is 38.9. The summed E-state index contributed by atoms with van der Waals surface area (Å²) in [6.45, 7) is 4.75. The number of nitrogens with zero attached hydrogens (tertiary/aromatic N) is 3. The molecule has 3 fully saturated rings. The Balaban J connectivity index is 0.000000109. The summed E-state index contributed by atoms with van der Waals surface area (Å²) in [6.07, 6.45) is 15.9. The molecule has 0 aliphatic heterocycles. The molecule has 2 aromatic heterocycles. The lowest BCUT2D eigenvalue weighted by Gasteiger charge is -2.30. The van der Waals surface area contributed by atoms with Crippen LogP contribution in [0.3, 0.4) is 0 Å². The highest BCUT2D eigenvalue weighted by molar-refractivity contribution is 7.25. The molecule has 137 heavy (non-hydrogen) atoms. The summed E-state index contributed by atoms with van der Waals surface area (Å²) >= 11 is 1.88. The van der Waals surface area contributed by atoms with Crippen molar-refractivity contribution in [2.24, 2.45) is 0 Å². The molecule has 0 N–H and O–H groups in total. The molecule has 0 bridgehead atoms. The Morgan fingerprint density at radius 1 is 0.226 bits per heavy atom. The highest BCUT2D eigenvalue weighted by Gasteiger charge is 2.37. The number of hydrogen-bond acceptors (Lipinski definition) is 5. The highest BCUT2D eigenvalue weighted by atomic mass is 32.1. The van der Waals surface area contributed by atoms with E-state index in [9.17, 15) is 0 Å². The molecule has 0 unspecified atom stereocenters. The average Bonchev–Trinajstić information content (AvgIpc) is 1.57. The van der Waals surface area contributed by atoms with Crippen LogP contribution in [-0.2, 0) is 5.41 Å². The minimum Gasteiger partial charge on any atom is -0.456 e. The Morgan fingerprint density at radius 2 is 0.547 bits per heavy atom. The summed E-state index contributed by atoms with van der Waals surface area (Å²) < 4.78 is 9.06. The van der Waals surface area contributed by atoms with E-state index in [-0.39, 0.29) is 5.41 Å². The fourth-order valence-corrected chi connectivity index (χ4v) is 24.7. The quantitative estimate of drug-likeness (QED) is 0.102. The van der Waals surface area contributed by atoms with E-state index >= 15 is 0 Å². The normalized spacial score (nSPS) is 14.3. The summed E-state index contributed by atoms with van der Waals surface area (Å²) in [5.41, 5.74) is 29.6. The summed E-state index contributed by atoms with van der Waals surface area (Å²) in [5, 5.41) is 20.0. The van der Waals surface area contributed by atoms with Gasteiger partial charge in [0.25, 0.3) is 0 Å². The second kappa shape index (κ2) is 35.4. The van der Waals surface area contributed by atoms with Gasteiger partial charge in [-0.2, -0.15) is 0 Å². The number of furan rings is 1. The largest absolute Gasteiger partial charge is 0.456 e. The third kappa shape index (κ3) is 15.4. The van der Waals surface area contributed by atoms with Gasteiger partial charge in [-0.3, -0.25) is 0 Å². The number of para-hydroxylation sites is 1. The van der Waals surface area contributed by atoms with Gasteiger partial charge in [-0.25, -0.2) is 0 Å². The minimum absolute atomic E-state index is 0.0789. The maximum atomic E-state index is 6.41. The lowest BCUT2D eigenvalue weighted by Crippen LogP contribution is -2.17. The van der Waals surface area contributed by atoms with E-state index in [0.29, 0.717) is 17.8 Å². The van der Waals surface area contributed by atoms with Crippen LogP contribution in [0.2, 0.25) is 0 Å². The first kappa shape index (κ1) is 83.4. The first-order valence-electron chi connectivity index (χ1n) is 49.5. The minimum atomic E-state index is -0.0789. The van der Waals surface area contributed by atoms with E-state index in [4.69, 9.17) is 4.42 Å². The molecule has 660 valence electrons. The van der Waals surface area contributed by atoms with Gasteiger partial charge >= 0.3 is 0 Å². The molecule has 0 amide bonds. The standard InChI is InChI=1S/C46H39N.C43H33NO.C43H33NS/c1-46(2)42-18-10-9-17-40(42)41-27-26-38(30-43(41)46)47(37-24-21-33(22-25-37)31-11-3-4-12-31)44-28-23-34-14-7-8-16-39(34)45(44)36-20-19-32-13-5-6-15-35(32)29-36;2*1-2-10-29(9-1)31-19-22-35(23-20-31)44(36-24-25-39-38-15-7-8-16-41(38)45-42(39)28-36)40-26-21-32-12-5-6-14-37(32)43(40)34-18-17-30-11-3-4-13-33(30)27-34/h5-10,13-31H,3-4,11-12H2,1-2H3;2*3-8,11-29H,1-2,9-10H2. The van der Waals surface area contributed by atoms with E-state index in [1.165, 1.54) is 268 Å². The van der Waals surface area contributed by atoms with Crippen LogP contribution in [0.15, 0.2) is 441 Å². The summed E-state index contributed by atoms with van der Waals surface area (Å²) in [7, 11) is 0. The SMILES string of the molecule is CC1(C)c2ccccc2-c2ccc(N(c3ccc(C4CCCC4)cc3)c3ccc4ccccc4c3-c3ccc4ccccc4c3)cc21.c1ccc2cc(-c3c(N(c4ccc(C5CCCC5)cc4)c4ccc5c(c4)oc4ccccc45)ccc4ccccc34)ccc2c1.c1ccc2cc(-c3c(N(c4ccc(C5CCCC5)cc4)c4ccc5c(c4)sc4ccccc45)ccc4ccccc34)ccc2c1. The van der Waals surface area contributed by atoms with Gasteiger partial charge in [0.05, 0.1) is 17.1 Å². The number of benzene rings is 21. The third-order valence-corrected chi connectivity index (χ3v) is 31.7. The lowest BCUT2D eigenvalue weighted by atomic mass is 9.82. The van der Waals surface area contributed by atoms with Crippen molar-refractivity contribution < 1.29 is 4.42 Å². The van der Waals surface area contributed by atoms with Crippen molar-refractivity contribution in [3.63, 3.8) is 0 Å². The van der Waals surface area contributed by atoms with E-state index in [0.717, 1.165) is 39.0 Å². The molecule has 27 rings (SSSR count). The molecule has 0 radical (unpaired) electrons. The Hall–Kier alpha value is -15.4. The van der Waals surface area contributed by atoms with Gasteiger partial charge in [0.2, 0.25) is 0 Å². The Labute approximate surface area is 805 Å². The smallest absolute Gasteiger partial charge is 0.137 e. The van der Waals surface area contributed by atoms with Gasteiger partial charge in [-0.05, 0) is 298 Å². The van der Waals surface area contributed by atoms with Crippen molar-refractivity contribution in [1.82, 2.24) is 0 Å². The van der Waals surface area contributed by atoms with Gasteiger partial charge < -0.3 is 19.1 Å². The first-order chi connectivity index (χ1) is 67.7. The van der Waals surface area contributed by atoms with Crippen molar-refractivity contribution in [2.75, 3.05) is 14.7 Å². The summed E-state index contributed by atoms with van der Waals surface area (Å²) in [6, 6.07) is 162. The zero-order valence-electron chi connectivity index (χ0n) is 77.4. The van der Waals surface area contributed by atoms with Crippen LogP contribution in [0.5, 0.6) is 0 Å². The monoisotopic (exact) mass is 1780 g/mol. The van der Waals surface area contributed by atoms with Crippen LogP contribution < -0.4 is 14.7 Å². The third-order valence-electron chi connectivity index (χ3n) is 30.6. The Morgan fingerprint density at radius 3 is 1.00 bits per heavy atom. The molecular formula is C132H105N3OS. The molecule has 0 spiro atoms. The van der Waals surface area contributed by atoms with Crippen molar-refractivity contribution in [1.29, 1.82) is 0 Å². The van der Waals surface area contributed by atoms with Gasteiger partial charge in [0.1, 0.15) is 11.2 Å². The van der Waals surface area contributed by atoms with Crippen molar-refractivity contribution >= 4 is 169 Å². The lowest BCUT2D eigenvalue weighted by molar-refractivity contribution is 0.660. The van der Waals surface area contributed by atoms with Crippen LogP contribution >= 0.6 is 11.3 Å². The van der Waals surface area contributed by atoms with Gasteiger partial charge in [0, 0.05) is 93.2 Å². The molecular weight excluding hydrogens is 1680 g/mol. The van der Waals surface area contributed by atoms with Crippen LogP contribution in [-0.4, -0.2) is 0 Å². The second-order valence-corrected chi connectivity index (χ2v) is 40.0. The van der Waals surface area contributed by atoms with E-state index in [2.05, 4.69) is 459 Å². The molecule has 2 heterocycles. The van der Waals surface area contributed by atoms with E-state index < -0.39 is 0 Å². The molecule has 21 aromatic carbocycles. The maximum absolute atomic E-state index is 6.41. The maximum Gasteiger partial charge on any atom is 0.137 e. The zero-order chi connectivity index (χ0) is 91.0. The zero-order valence-corrected chi connectivity index (χ0v) is 78.3. The van der Waals surface area contributed by atoms with Crippen molar-refractivity contribution in [3.05, 3.63) is 465 Å². The van der Waals surface area contributed by atoms with Crippen LogP contribution in [0, 0.1) is 0 Å². The molecule has 0 atom stereocenters. The van der Waals surface area contributed by atoms with Gasteiger partial charge in [-0.1, -0.05) is 362 Å². The average molecular weight is 1780 g/mol. The molecule has 4 nitrogen and oxygen atoms in total. The fourth-order valence-electron chi connectivity index (χ4n) is 23.6. The van der Waals surface area contributed by atoms with Gasteiger partial charge in [0.15, 0.2) is 0 Å². The van der Waals surface area contributed by atoms with Gasteiger partial charge in [-0.15, -0.1) is 11.3 Å². The Bertz CT molecular complexity index is 8220. The van der Waals surface area contributed by atoms with E-state index in [1.807, 2.05) is 17.4 Å². The first-order valence-corrected chi connectivity index (χ1v) is 50.3. The fraction of sp³-hybridized carbons (Fsp3) is 0.136. The molecule has 23 aromatic rings. The van der Waals surface area contributed by atoms with Crippen molar-refractivity contribution in [2.45, 2.75) is 114 Å². The van der Waals surface area contributed by atoms with Crippen LogP contribution in [0.25, 0.3) is 151 Å². The number of anilines is 9. The highest BCUT2D eigenvalue weighted by Crippen LogP contribution is 2.55. The topological polar surface area (TPSA) is 22.9 Å². The van der Waals surface area contributed by atoms with Crippen LogP contribution in [0.1, 0.15) is 136 Å². The number of thiophene rings is 1. The number of hydrogen-bond donors (Lipinski definition) is 0. The van der Waals surface area contributed by atoms with Crippen molar-refractivity contribution in [3.8, 4) is 44.5 Å². The number of rotatable bonds is 15. The molecule has 4 aliphatic rings. The summed E-state index contributed by atoms with van der Waals surface area (Å²) in [5.74, 6) is 2.05. The second-order valence-electron chi connectivity index (χ2n) is 38.9. The number of fused-ring (bicyclic) bond motifs is 15. The molecule has 0 saturated heterocycles. The molecule has 4 aliphatic carbocycles.